The van der Waals surface area contributed by atoms with Crippen molar-refractivity contribution in [2.24, 2.45) is 0 Å². The van der Waals surface area contributed by atoms with Crippen molar-refractivity contribution in [2.75, 3.05) is 11.9 Å². The molecule has 0 aliphatic heterocycles. The van der Waals surface area contributed by atoms with Gasteiger partial charge in [0.1, 0.15) is 23.5 Å². The topological polar surface area (TPSA) is 84.1 Å². The average Bonchev–Trinajstić information content (AvgIpc) is 3.03. The summed E-state index contributed by atoms with van der Waals surface area (Å²) in [4.78, 5) is 12.6. The van der Waals surface area contributed by atoms with Crippen molar-refractivity contribution in [1.82, 2.24) is 15.0 Å². The number of hydrogen-bond acceptors (Lipinski definition) is 6. The Morgan fingerprint density at radius 1 is 1.27 bits per heavy atom. The van der Waals surface area contributed by atoms with Crippen LogP contribution in [0.5, 0.6) is 0 Å². The van der Waals surface area contributed by atoms with Gasteiger partial charge in [-0.05, 0) is 31.0 Å². The first-order valence-corrected chi connectivity index (χ1v) is 7.35. The lowest BCUT2D eigenvalue weighted by Crippen LogP contribution is -2.37. The van der Waals surface area contributed by atoms with Crippen molar-refractivity contribution in [1.29, 1.82) is 0 Å². The van der Waals surface area contributed by atoms with Gasteiger partial charge >= 0.3 is 0 Å². The molecule has 2 N–H and O–H groups in total. The van der Waals surface area contributed by atoms with Crippen LogP contribution in [-0.4, -0.2) is 26.6 Å². The maximum atomic E-state index is 11.0. The van der Waals surface area contributed by atoms with Crippen molar-refractivity contribution in [2.45, 2.75) is 24.9 Å². The summed E-state index contributed by atoms with van der Waals surface area (Å²) in [6.45, 7) is 0.376. The summed E-state index contributed by atoms with van der Waals surface area (Å²) in [7, 11) is 0. The Kier molecular flexibility index (Phi) is 3.04. The van der Waals surface area contributed by atoms with Crippen molar-refractivity contribution < 1.29 is 9.52 Å². The van der Waals surface area contributed by atoms with Crippen LogP contribution in [-0.2, 0) is 12.0 Å². The Morgan fingerprint density at radius 3 is 3.18 bits per heavy atom. The average molecular weight is 296 g/mol. The molecular formula is C16H16N4O2. The van der Waals surface area contributed by atoms with Crippen LogP contribution in [0, 0.1) is 0 Å². The van der Waals surface area contributed by atoms with E-state index in [-0.39, 0.29) is 0 Å². The summed E-state index contributed by atoms with van der Waals surface area (Å²) in [5.74, 6) is 1.56. The fraction of sp³-hybridized carbons (Fsp3) is 0.312. The number of hydrogen-bond donors (Lipinski definition) is 2. The fourth-order valence-electron chi connectivity index (χ4n) is 3.07. The molecule has 0 amide bonds. The van der Waals surface area contributed by atoms with Gasteiger partial charge in [0.05, 0.1) is 11.6 Å². The van der Waals surface area contributed by atoms with Crippen molar-refractivity contribution >= 4 is 16.9 Å². The lowest BCUT2D eigenvalue weighted by atomic mass is 9.83. The van der Waals surface area contributed by atoms with E-state index in [2.05, 4.69) is 20.3 Å². The SMILES string of the molecule is OC1(CNc2ncnc3ncccc23)CCCc2occc21. The quantitative estimate of drug-likeness (QED) is 0.771. The second-order valence-corrected chi connectivity index (χ2v) is 5.59. The number of aryl methyl sites for hydroxylation is 1. The van der Waals surface area contributed by atoms with E-state index in [0.29, 0.717) is 24.4 Å². The zero-order valence-corrected chi connectivity index (χ0v) is 12.0. The summed E-state index contributed by atoms with van der Waals surface area (Å²) in [5, 5.41) is 15.1. The van der Waals surface area contributed by atoms with Gasteiger partial charge in [-0.25, -0.2) is 15.0 Å². The molecule has 0 saturated heterocycles. The molecule has 1 aliphatic carbocycles. The number of nitrogens with one attached hydrogen (secondary N) is 1. The minimum Gasteiger partial charge on any atom is -0.469 e. The molecule has 0 aromatic carbocycles. The molecule has 0 fully saturated rings. The Labute approximate surface area is 127 Å². The minimum atomic E-state index is -0.930. The van der Waals surface area contributed by atoms with Gasteiger partial charge in [-0.2, -0.15) is 0 Å². The van der Waals surface area contributed by atoms with Gasteiger partial charge in [-0.1, -0.05) is 0 Å². The number of anilines is 1. The molecule has 0 spiro atoms. The van der Waals surface area contributed by atoms with Gasteiger partial charge < -0.3 is 14.8 Å². The Balaban J connectivity index is 1.63. The van der Waals surface area contributed by atoms with Crippen LogP contribution in [0.15, 0.2) is 41.4 Å². The summed E-state index contributed by atoms with van der Waals surface area (Å²) in [5.41, 5.74) is 0.586. The molecule has 1 unspecified atom stereocenters. The first-order chi connectivity index (χ1) is 10.8. The second-order valence-electron chi connectivity index (χ2n) is 5.59. The molecule has 1 atom stereocenters. The van der Waals surface area contributed by atoms with Crippen LogP contribution >= 0.6 is 0 Å². The van der Waals surface area contributed by atoms with Crippen LogP contribution in [0.3, 0.4) is 0 Å². The van der Waals surface area contributed by atoms with Crippen molar-refractivity contribution in [3.63, 3.8) is 0 Å². The third-order valence-electron chi connectivity index (χ3n) is 4.20. The predicted octanol–water partition coefficient (Wildman–Crippen LogP) is 2.25. The predicted molar refractivity (Wildman–Crippen MR) is 81.4 cm³/mol. The number of aromatic nitrogens is 3. The van der Waals surface area contributed by atoms with Gasteiger partial charge in [0.15, 0.2) is 5.65 Å². The van der Waals surface area contributed by atoms with E-state index in [1.807, 2.05) is 18.2 Å². The maximum Gasteiger partial charge on any atom is 0.164 e. The monoisotopic (exact) mass is 296 g/mol. The zero-order chi connectivity index (χ0) is 15.0. The number of rotatable bonds is 3. The van der Waals surface area contributed by atoms with E-state index in [9.17, 15) is 5.11 Å². The second kappa shape index (κ2) is 5.06. The van der Waals surface area contributed by atoms with Crippen molar-refractivity contribution in [3.05, 3.63) is 48.3 Å². The number of nitrogens with zero attached hydrogens (tertiary/aromatic N) is 3. The number of furan rings is 1. The molecule has 0 saturated carbocycles. The highest BCUT2D eigenvalue weighted by Gasteiger charge is 2.36. The Morgan fingerprint density at radius 2 is 2.23 bits per heavy atom. The molecule has 0 radical (unpaired) electrons. The van der Waals surface area contributed by atoms with E-state index in [1.165, 1.54) is 6.33 Å². The minimum absolute atomic E-state index is 0.376. The van der Waals surface area contributed by atoms with Crippen LogP contribution in [0.4, 0.5) is 5.82 Å². The summed E-state index contributed by atoms with van der Waals surface area (Å²) in [6.07, 6.45) is 7.31. The maximum absolute atomic E-state index is 11.0. The number of fused-ring (bicyclic) bond motifs is 2. The molecule has 3 aromatic rings. The fourth-order valence-corrected chi connectivity index (χ4v) is 3.07. The Hall–Kier alpha value is -2.47. The normalized spacial score (nSPS) is 20.8. The standard InChI is InChI=1S/C16H16N4O2/c21-16(6-1-4-13-12(16)5-8-22-13)9-18-15-11-3-2-7-17-14(11)19-10-20-15/h2-3,5,7-8,10,21H,1,4,6,9H2,(H,17,18,19,20). The van der Waals surface area contributed by atoms with E-state index in [4.69, 9.17) is 4.42 Å². The molecule has 6 nitrogen and oxygen atoms in total. The molecule has 3 heterocycles. The highest BCUT2D eigenvalue weighted by Crippen LogP contribution is 2.36. The highest BCUT2D eigenvalue weighted by atomic mass is 16.3. The van der Waals surface area contributed by atoms with Gasteiger partial charge in [-0.3, -0.25) is 0 Å². The van der Waals surface area contributed by atoms with Crippen molar-refractivity contribution in [3.8, 4) is 0 Å². The molecular weight excluding hydrogens is 280 g/mol. The molecule has 1 aliphatic rings. The van der Waals surface area contributed by atoms with Gasteiger partial charge in [0, 0.05) is 24.7 Å². The van der Waals surface area contributed by atoms with E-state index >= 15 is 0 Å². The van der Waals surface area contributed by atoms with Crippen LogP contribution in [0.2, 0.25) is 0 Å². The molecule has 4 rings (SSSR count). The van der Waals surface area contributed by atoms with Crippen LogP contribution in [0.1, 0.15) is 24.2 Å². The first-order valence-electron chi connectivity index (χ1n) is 7.35. The van der Waals surface area contributed by atoms with Gasteiger partial charge in [0.2, 0.25) is 0 Å². The van der Waals surface area contributed by atoms with Gasteiger partial charge in [0.25, 0.3) is 0 Å². The lowest BCUT2D eigenvalue weighted by molar-refractivity contribution is 0.0299. The molecule has 6 heteroatoms. The summed E-state index contributed by atoms with van der Waals surface area (Å²) >= 11 is 0. The van der Waals surface area contributed by atoms with Crippen LogP contribution in [0.25, 0.3) is 11.0 Å². The molecule has 0 bridgehead atoms. The third kappa shape index (κ3) is 2.12. The van der Waals surface area contributed by atoms with Crippen LogP contribution < -0.4 is 5.32 Å². The lowest BCUT2D eigenvalue weighted by Gasteiger charge is -2.32. The van der Waals surface area contributed by atoms with E-state index in [1.54, 1.807) is 12.5 Å². The molecule has 22 heavy (non-hydrogen) atoms. The van der Waals surface area contributed by atoms with Gasteiger partial charge in [-0.15, -0.1) is 0 Å². The Bertz CT molecular complexity index is 811. The number of aliphatic hydroxyl groups is 1. The molecule has 112 valence electrons. The van der Waals surface area contributed by atoms with E-state index in [0.717, 1.165) is 29.6 Å². The first kappa shape index (κ1) is 13.2. The zero-order valence-electron chi connectivity index (χ0n) is 12.0. The summed E-state index contributed by atoms with van der Waals surface area (Å²) in [6, 6.07) is 5.62. The third-order valence-corrected chi connectivity index (χ3v) is 4.20. The smallest absolute Gasteiger partial charge is 0.164 e. The van der Waals surface area contributed by atoms with E-state index < -0.39 is 5.60 Å². The number of pyridine rings is 1. The molecule has 3 aromatic heterocycles. The summed E-state index contributed by atoms with van der Waals surface area (Å²) < 4.78 is 5.45. The highest BCUT2D eigenvalue weighted by molar-refractivity contribution is 5.85. The largest absolute Gasteiger partial charge is 0.469 e.